The summed E-state index contributed by atoms with van der Waals surface area (Å²) in [7, 11) is 3.22. The summed E-state index contributed by atoms with van der Waals surface area (Å²) in [5, 5.41) is 0.628. The lowest BCUT2D eigenvalue weighted by Crippen LogP contribution is -2.14. The maximum atomic E-state index is 6.33. The molecule has 1 unspecified atom stereocenters. The molecule has 0 saturated carbocycles. The van der Waals surface area contributed by atoms with E-state index >= 15 is 0 Å². The van der Waals surface area contributed by atoms with Gasteiger partial charge in [-0.3, -0.25) is 0 Å². The van der Waals surface area contributed by atoms with Crippen molar-refractivity contribution in [2.75, 3.05) is 14.2 Å². The van der Waals surface area contributed by atoms with Crippen molar-refractivity contribution in [3.8, 4) is 11.5 Å². The molecule has 0 heterocycles. The van der Waals surface area contributed by atoms with E-state index in [-0.39, 0.29) is 0 Å². The molecule has 3 nitrogen and oxygen atoms in total. The summed E-state index contributed by atoms with van der Waals surface area (Å²) < 4.78 is 10.7. The van der Waals surface area contributed by atoms with Crippen molar-refractivity contribution in [2.24, 2.45) is 5.73 Å². The van der Waals surface area contributed by atoms with Crippen LogP contribution in [0.4, 0.5) is 0 Å². The molecule has 2 N–H and O–H groups in total. The quantitative estimate of drug-likeness (QED) is 0.931. The Morgan fingerprint density at radius 2 is 1.53 bits per heavy atom. The third kappa shape index (κ3) is 2.67. The summed E-state index contributed by atoms with van der Waals surface area (Å²) in [5.41, 5.74) is 7.96. The molecule has 0 saturated heterocycles. The van der Waals surface area contributed by atoms with Crippen LogP contribution in [0.5, 0.6) is 11.5 Å². The molecular weight excluding hydrogens is 262 g/mol. The van der Waals surface area contributed by atoms with Gasteiger partial charge in [0.05, 0.1) is 25.8 Å². The molecule has 1 atom stereocenters. The molecule has 2 rings (SSSR count). The normalized spacial score (nSPS) is 12.0. The highest BCUT2D eigenvalue weighted by atomic mass is 35.5. The van der Waals surface area contributed by atoms with Crippen LogP contribution < -0.4 is 15.2 Å². The Hall–Kier alpha value is -1.71. The standard InChI is InChI=1S/C15H16ClNO2/c1-18-12-8-5-9-13(19-2)14(12)15(17)10-6-3-4-7-11(10)16/h3-9,15H,17H2,1-2H3. The molecule has 4 heteroatoms. The molecule has 2 aromatic carbocycles. The van der Waals surface area contributed by atoms with Crippen molar-refractivity contribution < 1.29 is 9.47 Å². The van der Waals surface area contributed by atoms with E-state index < -0.39 is 6.04 Å². The summed E-state index contributed by atoms with van der Waals surface area (Å²) in [6.07, 6.45) is 0. The van der Waals surface area contributed by atoms with Gasteiger partial charge in [0.15, 0.2) is 0 Å². The first-order valence-corrected chi connectivity index (χ1v) is 6.27. The molecule has 0 aliphatic carbocycles. The molecule has 100 valence electrons. The Labute approximate surface area is 117 Å². The molecule has 0 bridgehead atoms. The fourth-order valence-corrected chi connectivity index (χ4v) is 2.32. The Balaban J connectivity index is 2.55. The smallest absolute Gasteiger partial charge is 0.127 e. The Bertz CT molecular complexity index is 550. The molecule has 0 aliphatic rings. The highest BCUT2D eigenvalue weighted by Crippen LogP contribution is 2.37. The summed E-state index contributed by atoms with van der Waals surface area (Å²) >= 11 is 6.20. The summed E-state index contributed by atoms with van der Waals surface area (Å²) in [5.74, 6) is 1.37. The van der Waals surface area contributed by atoms with Crippen molar-refractivity contribution in [2.45, 2.75) is 6.04 Å². The molecule has 0 spiro atoms. The molecular formula is C15H16ClNO2. The van der Waals surface area contributed by atoms with Gasteiger partial charge in [-0.05, 0) is 23.8 Å². The third-order valence-corrected chi connectivity index (χ3v) is 3.36. The van der Waals surface area contributed by atoms with E-state index in [0.717, 1.165) is 11.1 Å². The van der Waals surface area contributed by atoms with Crippen LogP contribution in [0.15, 0.2) is 42.5 Å². The van der Waals surface area contributed by atoms with E-state index in [2.05, 4.69) is 0 Å². The monoisotopic (exact) mass is 277 g/mol. The van der Waals surface area contributed by atoms with Gasteiger partial charge in [0.25, 0.3) is 0 Å². The number of hydrogen-bond donors (Lipinski definition) is 1. The average molecular weight is 278 g/mol. The van der Waals surface area contributed by atoms with Crippen LogP contribution in [0.2, 0.25) is 5.02 Å². The minimum Gasteiger partial charge on any atom is -0.496 e. The van der Waals surface area contributed by atoms with Crippen LogP contribution in [0, 0.1) is 0 Å². The number of methoxy groups -OCH3 is 2. The second-order valence-electron chi connectivity index (χ2n) is 4.08. The van der Waals surface area contributed by atoms with E-state index in [4.69, 9.17) is 26.8 Å². The molecule has 19 heavy (non-hydrogen) atoms. The predicted octanol–water partition coefficient (Wildman–Crippen LogP) is 3.41. The fraction of sp³-hybridized carbons (Fsp3) is 0.200. The first-order valence-electron chi connectivity index (χ1n) is 5.90. The predicted molar refractivity (Wildman–Crippen MR) is 77.0 cm³/mol. The molecule has 0 radical (unpaired) electrons. The zero-order valence-electron chi connectivity index (χ0n) is 10.9. The second kappa shape index (κ2) is 5.95. The Kier molecular flexibility index (Phi) is 4.30. The molecule has 0 aromatic heterocycles. The number of rotatable bonds is 4. The lowest BCUT2D eigenvalue weighted by molar-refractivity contribution is 0.382. The fourth-order valence-electron chi connectivity index (χ4n) is 2.07. The van der Waals surface area contributed by atoms with Crippen LogP contribution in [0.3, 0.4) is 0 Å². The number of hydrogen-bond acceptors (Lipinski definition) is 3. The van der Waals surface area contributed by atoms with Crippen molar-refractivity contribution in [1.82, 2.24) is 0 Å². The Morgan fingerprint density at radius 3 is 2.05 bits per heavy atom. The first-order chi connectivity index (χ1) is 9.19. The summed E-state index contributed by atoms with van der Waals surface area (Å²) in [4.78, 5) is 0. The largest absolute Gasteiger partial charge is 0.496 e. The molecule has 0 fully saturated rings. The molecule has 2 aromatic rings. The van der Waals surface area contributed by atoms with E-state index in [0.29, 0.717) is 16.5 Å². The van der Waals surface area contributed by atoms with Gasteiger partial charge in [0.1, 0.15) is 11.5 Å². The highest BCUT2D eigenvalue weighted by molar-refractivity contribution is 6.31. The van der Waals surface area contributed by atoms with Gasteiger partial charge in [0.2, 0.25) is 0 Å². The molecule has 0 amide bonds. The van der Waals surface area contributed by atoms with Crippen LogP contribution >= 0.6 is 11.6 Å². The van der Waals surface area contributed by atoms with E-state index in [1.807, 2.05) is 42.5 Å². The minimum absolute atomic E-state index is 0.403. The van der Waals surface area contributed by atoms with Crippen LogP contribution in [0.25, 0.3) is 0 Å². The number of benzene rings is 2. The maximum Gasteiger partial charge on any atom is 0.127 e. The first kappa shape index (κ1) is 13.7. The van der Waals surface area contributed by atoms with Crippen molar-refractivity contribution >= 4 is 11.6 Å². The second-order valence-corrected chi connectivity index (χ2v) is 4.48. The van der Waals surface area contributed by atoms with Crippen LogP contribution in [-0.4, -0.2) is 14.2 Å². The van der Waals surface area contributed by atoms with Gasteiger partial charge >= 0.3 is 0 Å². The van der Waals surface area contributed by atoms with Crippen molar-refractivity contribution in [1.29, 1.82) is 0 Å². The minimum atomic E-state index is -0.403. The lowest BCUT2D eigenvalue weighted by Gasteiger charge is -2.20. The SMILES string of the molecule is COc1cccc(OC)c1C(N)c1ccccc1Cl. The topological polar surface area (TPSA) is 44.5 Å². The number of ether oxygens (including phenoxy) is 2. The lowest BCUT2D eigenvalue weighted by atomic mass is 9.97. The zero-order chi connectivity index (χ0) is 13.8. The van der Waals surface area contributed by atoms with E-state index in [1.165, 1.54) is 0 Å². The highest BCUT2D eigenvalue weighted by Gasteiger charge is 2.20. The van der Waals surface area contributed by atoms with Crippen LogP contribution in [-0.2, 0) is 0 Å². The van der Waals surface area contributed by atoms with Gasteiger partial charge in [-0.15, -0.1) is 0 Å². The third-order valence-electron chi connectivity index (χ3n) is 3.02. The van der Waals surface area contributed by atoms with Crippen LogP contribution in [0.1, 0.15) is 17.2 Å². The zero-order valence-corrected chi connectivity index (χ0v) is 11.6. The summed E-state index contributed by atoms with van der Waals surface area (Å²) in [6, 6.07) is 12.7. The van der Waals surface area contributed by atoms with Gasteiger partial charge in [-0.25, -0.2) is 0 Å². The van der Waals surface area contributed by atoms with Gasteiger partial charge in [-0.1, -0.05) is 35.9 Å². The van der Waals surface area contributed by atoms with E-state index in [1.54, 1.807) is 14.2 Å². The van der Waals surface area contributed by atoms with Gasteiger partial charge in [0, 0.05) is 5.02 Å². The van der Waals surface area contributed by atoms with E-state index in [9.17, 15) is 0 Å². The van der Waals surface area contributed by atoms with Crippen molar-refractivity contribution in [3.05, 3.63) is 58.6 Å². The number of nitrogens with two attached hydrogens (primary N) is 1. The maximum absolute atomic E-state index is 6.33. The van der Waals surface area contributed by atoms with Crippen molar-refractivity contribution in [3.63, 3.8) is 0 Å². The molecule has 0 aliphatic heterocycles. The summed E-state index contributed by atoms with van der Waals surface area (Å²) in [6.45, 7) is 0. The number of halogens is 1. The van der Waals surface area contributed by atoms with Gasteiger partial charge < -0.3 is 15.2 Å². The van der Waals surface area contributed by atoms with Gasteiger partial charge in [-0.2, -0.15) is 0 Å². The average Bonchev–Trinajstić information content (AvgIpc) is 2.46. The Morgan fingerprint density at radius 1 is 0.947 bits per heavy atom.